The van der Waals surface area contributed by atoms with Crippen molar-refractivity contribution in [1.82, 2.24) is 4.98 Å². The van der Waals surface area contributed by atoms with Crippen molar-refractivity contribution in [1.29, 1.82) is 0 Å². The van der Waals surface area contributed by atoms with Crippen LogP contribution in [0.3, 0.4) is 0 Å². The van der Waals surface area contributed by atoms with Gasteiger partial charge in [-0.3, -0.25) is 0 Å². The summed E-state index contributed by atoms with van der Waals surface area (Å²) >= 11 is 6.31. The van der Waals surface area contributed by atoms with E-state index in [4.69, 9.17) is 0 Å². The van der Waals surface area contributed by atoms with Crippen LogP contribution in [0, 0.1) is 6.92 Å². The minimum absolute atomic E-state index is 0.0383. The first kappa shape index (κ1) is 11.0. The molecule has 0 aliphatic carbocycles. The maximum atomic E-state index is 12.5. The van der Waals surface area contributed by atoms with Gasteiger partial charge in [-0.25, -0.2) is 13.8 Å². The molecule has 0 N–H and O–H groups in total. The second-order valence-electron chi connectivity index (χ2n) is 2.55. The quantitative estimate of drug-likeness (QED) is 0.594. The van der Waals surface area contributed by atoms with Gasteiger partial charge < -0.3 is 0 Å². The van der Waals surface area contributed by atoms with Crippen LogP contribution in [0.2, 0.25) is 0 Å². The lowest BCUT2D eigenvalue weighted by molar-refractivity contribution is 0.150. The van der Waals surface area contributed by atoms with E-state index in [2.05, 4.69) is 36.8 Å². The molecule has 0 saturated carbocycles. The third-order valence-corrected chi connectivity index (χ3v) is 3.02. The number of alkyl halides is 3. The van der Waals surface area contributed by atoms with Crippen molar-refractivity contribution in [3.63, 3.8) is 0 Å². The number of nitrogens with zero attached hydrogens (tertiary/aromatic N) is 1. The molecule has 0 fully saturated rings. The number of hydrogen-bond donors (Lipinski definition) is 0. The van der Waals surface area contributed by atoms with E-state index in [0.29, 0.717) is 21.2 Å². The third-order valence-electron chi connectivity index (χ3n) is 1.68. The minimum Gasteiger partial charge on any atom is -0.245 e. The Morgan fingerprint density at radius 2 is 2.15 bits per heavy atom. The van der Waals surface area contributed by atoms with E-state index in [9.17, 15) is 8.78 Å². The lowest BCUT2D eigenvalue weighted by Gasteiger charge is -2.07. The summed E-state index contributed by atoms with van der Waals surface area (Å²) in [4.78, 5) is 4.07. The van der Waals surface area contributed by atoms with Crippen LogP contribution in [-0.4, -0.2) is 4.98 Å². The maximum absolute atomic E-state index is 12.5. The van der Waals surface area contributed by atoms with Crippen molar-refractivity contribution in [2.75, 3.05) is 0 Å². The molecule has 0 aliphatic heterocycles. The zero-order chi connectivity index (χ0) is 10.0. The van der Waals surface area contributed by atoms with Crippen LogP contribution in [-0.2, 0) is 5.33 Å². The highest BCUT2D eigenvalue weighted by Crippen LogP contribution is 2.27. The van der Waals surface area contributed by atoms with Crippen LogP contribution in [0.5, 0.6) is 0 Å². The fraction of sp³-hybridized carbons (Fsp3) is 0.375. The van der Waals surface area contributed by atoms with Gasteiger partial charge in [-0.1, -0.05) is 15.9 Å². The number of aromatic nitrogens is 1. The van der Waals surface area contributed by atoms with Crippen LogP contribution in [0.4, 0.5) is 8.78 Å². The molecule has 5 heteroatoms. The second kappa shape index (κ2) is 4.46. The fourth-order valence-electron chi connectivity index (χ4n) is 0.944. The average Bonchev–Trinajstić information content (AvgIpc) is 2.09. The Bertz CT molecular complexity index is 315. The Hall–Kier alpha value is -0.0300. The Morgan fingerprint density at radius 3 is 2.62 bits per heavy atom. The summed E-state index contributed by atoms with van der Waals surface area (Å²) in [5, 5.41) is 0.478. The zero-order valence-corrected chi connectivity index (χ0v) is 9.99. The first-order chi connectivity index (χ1) is 6.06. The summed E-state index contributed by atoms with van der Waals surface area (Å²) in [5.74, 6) is 0. The van der Waals surface area contributed by atoms with Crippen molar-refractivity contribution in [3.05, 3.63) is 27.5 Å². The molecule has 0 bridgehead atoms. The average molecular weight is 315 g/mol. The summed E-state index contributed by atoms with van der Waals surface area (Å²) in [6.07, 6.45) is -2.45. The molecule has 1 rings (SSSR count). The van der Waals surface area contributed by atoms with E-state index in [0.717, 1.165) is 0 Å². The van der Waals surface area contributed by atoms with Gasteiger partial charge in [0.25, 0.3) is 6.43 Å². The molecule has 0 atom stereocenters. The summed E-state index contributed by atoms with van der Waals surface area (Å²) in [7, 11) is 0. The molecule has 0 unspecified atom stereocenters. The predicted molar refractivity (Wildman–Crippen MR) is 54.3 cm³/mol. The Labute approximate surface area is 91.8 Å². The van der Waals surface area contributed by atoms with E-state index < -0.39 is 6.43 Å². The van der Waals surface area contributed by atoms with Crippen LogP contribution in [0.15, 0.2) is 10.7 Å². The van der Waals surface area contributed by atoms with Gasteiger partial charge >= 0.3 is 0 Å². The van der Waals surface area contributed by atoms with Crippen LogP contribution in [0.1, 0.15) is 23.2 Å². The van der Waals surface area contributed by atoms with Crippen LogP contribution < -0.4 is 0 Å². The summed E-state index contributed by atoms with van der Waals surface area (Å²) in [5.41, 5.74) is 1.14. The molecule has 0 radical (unpaired) electrons. The molecule has 1 heterocycles. The van der Waals surface area contributed by atoms with Gasteiger partial charge in [0.05, 0.1) is 5.69 Å². The maximum Gasteiger partial charge on any atom is 0.264 e. The number of halogens is 4. The van der Waals surface area contributed by atoms with E-state index in [1.165, 1.54) is 6.07 Å². The number of rotatable bonds is 2. The number of hydrogen-bond acceptors (Lipinski definition) is 1. The second-order valence-corrected chi connectivity index (χ2v) is 3.86. The van der Waals surface area contributed by atoms with E-state index >= 15 is 0 Å². The van der Waals surface area contributed by atoms with E-state index in [-0.39, 0.29) is 5.56 Å². The van der Waals surface area contributed by atoms with Gasteiger partial charge in [-0.05, 0) is 34.5 Å². The van der Waals surface area contributed by atoms with Gasteiger partial charge in [0.2, 0.25) is 0 Å². The van der Waals surface area contributed by atoms with Crippen molar-refractivity contribution in [2.24, 2.45) is 0 Å². The molecule has 72 valence electrons. The highest BCUT2D eigenvalue weighted by Gasteiger charge is 2.14. The fourth-order valence-corrected chi connectivity index (χ4v) is 1.69. The molecule has 0 saturated heterocycles. The Morgan fingerprint density at radius 1 is 1.54 bits per heavy atom. The Balaban J connectivity index is 3.25. The predicted octanol–water partition coefficient (Wildman–Crippen LogP) is 3.99. The van der Waals surface area contributed by atoms with Crippen molar-refractivity contribution >= 4 is 31.9 Å². The minimum atomic E-state index is -2.45. The van der Waals surface area contributed by atoms with Crippen molar-refractivity contribution < 1.29 is 8.78 Å². The SMILES string of the molecule is Cc1c(C(F)F)cc(CBr)nc1Br. The van der Waals surface area contributed by atoms with Gasteiger partial charge in [0.1, 0.15) is 4.60 Å². The lowest BCUT2D eigenvalue weighted by atomic mass is 10.1. The van der Waals surface area contributed by atoms with Gasteiger partial charge in [0.15, 0.2) is 0 Å². The largest absolute Gasteiger partial charge is 0.264 e. The molecule has 1 aromatic heterocycles. The van der Waals surface area contributed by atoms with Crippen molar-refractivity contribution in [2.45, 2.75) is 18.7 Å². The van der Waals surface area contributed by atoms with Gasteiger partial charge in [-0.15, -0.1) is 0 Å². The monoisotopic (exact) mass is 313 g/mol. The number of pyridine rings is 1. The molecule has 1 aromatic rings. The smallest absolute Gasteiger partial charge is 0.245 e. The molecule has 0 aliphatic rings. The van der Waals surface area contributed by atoms with E-state index in [1.807, 2.05) is 0 Å². The lowest BCUT2D eigenvalue weighted by Crippen LogP contribution is -1.97. The highest BCUT2D eigenvalue weighted by molar-refractivity contribution is 9.10. The third kappa shape index (κ3) is 2.47. The molecular formula is C8H7Br2F2N. The molecule has 1 nitrogen and oxygen atoms in total. The Kier molecular flexibility index (Phi) is 3.79. The summed E-state index contributed by atoms with van der Waals surface area (Å²) < 4.78 is 25.4. The van der Waals surface area contributed by atoms with Gasteiger partial charge in [-0.2, -0.15) is 0 Å². The molecule has 0 amide bonds. The van der Waals surface area contributed by atoms with Gasteiger partial charge in [0, 0.05) is 10.9 Å². The first-order valence-corrected chi connectivity index (χ1v) is 5.47. The van der Waals surface area contributed by atoms with Crippen molar-refractivity contribution in [3.8, 4) is 0 Å². The van der Waals surface area contributed by atoms with E-state index in [1.54, 1.807) is 6.92 Å². The summed E-state index contributed by atoms with van der Waals surface area (Å²) in [6.45, 7) is 1.62. The summed E-state index contributed by atoms with van der Waals surface area (Å²) in [6, 6.07) is 1.42. The highest BCUT2D eigenvalue weighted by atomic mass is 79.9. The standard InChI is InChI=1S/C8H7Br2F2N/c1-4-6(8(11)12)2-5(3-9)13-7(4)10/h2,8H,3H2,1H3. The molecular weight excluding hydrogens is 308 g/mol. The molecule has 13 heavy (non-hydrogen) atoms. The zero-order valence-electron chi connectivity index (χ0n) is 6.82. The molecule has 0 aromatic carbocycles. The van der Waals surface area contributed by atoms with Crippen LogP contribution >= 0.6 is 31.9 Å². The first-order valence-electron chi connectivity index (χ1n) is 3.56. The molecule has 0 spiro atoms. The topological polar surface area (TPSA) is 12.9 Å². The normalized spacial score (nSPS) is 10.9. The van der Waals surface area contributed by atoms with Crippen LogP contribution in [0.25, 0.3) is 0 Å².